The monoisotopic (exact) mass is 285 g/mol. The van der Waals surface area contributed by atoms with Gasteiger partial charge in [-0.25, -0.2) is 0 Å². The number of carbonyl (C=O) groups excluding carboxylic acids is 1. The van der Waals surface area contributed by atoms with Crippen LogP contribution >= 0.6 is 11.6 Å². The first-order chi connectivity index (χ1) is 8.78. The van der Waals surface area contributed by atoms with Crippen LogP contribution < -0.4 is 5.32 Å². The van der Waals surface area contributed by atoms with Gasteiger partial charge in [-0.2, -0.15) is 5.10 Å². The molecule has 0 amide bonds. The van der Waals surface area contributed by atoms with Gasteiger partial charge in [-0.1, -0.05) is 18.5 Å². The Morgan fingerprint density at radius 2 is 2.00 bits per heavy atom. The normalized spacial score (nSPS) is 11.9. The molecule has 19 heavy (non-hydrogen) atoms. The quantitative estimate of drug-likeness (QED) is 0.874. The van der Waals surface area contributed by atoms with Crippen LogP contribution in [0.25, 0.3) is 0 Å². The Kier molecular flexibility index (Phi) is 5.56. The molecule has 1 N–H and O–H groups in total. The molecule has 0 saturated heterocycles. The molecule has 1 aromatic rings. The molecule has 0 aromatic carbocycles. The van der Waals surface area contributed by atoms with Gasteiger partial charge >= 0.3 is 0 Å². The molecule has 1 aromatic heterocycles. The zero-order chi connectivity index (χ0) is 14.6. The van der Waals surface area contributed by atoms with Gasteiger partial charge in [0.1, 0.15) is 0 Å². The second kappa shape index (κ2) is 6.53. The minimum Gasteiger partial charge on any atom is -0.305 e. The molecule has 1 heterocycles. The zero-order valence-electron chi connectivity index (χ0n) is 12.5. The predicted octanol–water partition coefficient (Wildman–Crippen LogP) is 2.62. The maximum atomic E-state index is 12.0. The van der Waals surface area contributed by atoms with Crippen molar-refractivity contribution >= 4 is 17.4 Å². The van der Waals surface area contributed by atoms with E-state index in [0.29, 0.717) is 18.0 Å². The summed E-state index contributed by atoms with van der Waals surface area (Å²) in [5.41, 5.74) is 1.65. The summed E-state index contributed by atoms with van der Waals surface area (Å²) in [4.78, 5) is 12.0. The highest BCUT2D eigenvalue weighted by Crippen LogP contribution is 2.22. The molecule has 4 nitrogen and oxygen atoms in total. The van der Waals surface area contributed by atoms with Crippen LogP contribution in [0.5, 0.6) is 0 Å². The number of Topliss-reactive ketones (excluding diaryl/α,β-unsaturated/α-hetero) is 1. The molecule has 0 radical (unpaired) electrons. The van der Waals surface area contributed by atoms with Crippen LogP contribution in [0.2, 0.25) is 5.02 Å². The second-order valence-corrected chi connectivity index (χ2v) is 6.07. The van der Waals surface area contributed by atoms with E-state index < -0.39 is 0 Å². The highest BCUT2D eigenvalue weighted by Gasteiger charge is 2.18. The number of hydrogen-bond acceptors (Lipinski definition) is 3. The van der Waals surface area contributed by atoms with E-state index in [2.05, 4.69) is 10.4 Å². The number of hydrogen-bond donors (Lipinski definition) is 1. The summed E-state index contributed by atoms with van der Waals surface area (Å²) in [5.74, 6) is 0.133. The van der Waals surface area contributed by atoms with Gasteiger partial charge in [0, 0.05) is 12.1 Å². The molecule has 0 spiro atoms. The van der Waals surface area contributed by atoms with Crippen molar-refractivity contribution in [1.29, 1.82) is 0 Å². The Labute approximate surface area is 120 Å². The van der Waals surface area contributed by atoms with Crippen molar-refractivity contribution in [2.45, 2.75) is 59.5 Å². The number of nitrogens with zero attached hydrogens (tertiary/aromatic N) is 2. The first kappa shape index (κ1) is 16.2. The standard InChI is InChI=1S/C14H24ClN3O/c1-6-11-13(15)12(18(7-2)17-11)8-10(19)9-16-14(3,4)5/h16H,6-9H2,1-5H3. The van der Waals surface area contributed by atoms with Gasteiger partial charge in [0.05, 0.1) is 29.4 Å². The average Bonchev–Trinajstić information content (AvgIpc) is 2.63. The van der Waals surface area contributed by atoms with E-state index in [4.69, 9.17) is 11.6 Å². The molecular formula is C14H24ClN3O. The molecule has 0 saturated carbocycles. The third-order valence-corrected chi connectivity index (χ3v) is 3.31. The van der Waals surface area contributed by atoms with E-state index in [1.165, 1.54) is 0 Å². The highest BCUT2D eigenvalue weighted by atomic mass is 35.5. The first-order valence-electron chi connectivity index (χ1n) is 6.79. The molecular weight excluding hydrogens is 262 g/mol. The SMILES string of the molecule is CCc1nn(CC)c(CC(=O)CNC(C)(C)C)c1Cl. The smallest absolute Gasteiger partial charge is 0.152 e. The van der Waals surface area contributed by atoms with E-state index >= 15 is 0 Å². The number of halogens is 1. The maximum Gasteiger partial charge on any atom is 0.152 e. The van der Waals surface area contributed by atoms with Gasteiger partial charge in [-0.3, -0.25) is 9.48 Å². The molecule has 0 aliphatic carbocycles. The lowest BCUT2D eigenvalue weighted by Gasteiger charge is -2.19. The van der Waals surface area contributed by atoms with E-state index in [-0.39, 0.29) is 11.3 Å². The summed E-state index contributed by atoms with van der Waals surface area (Å²) in [6, 6.07) is 0. The Balaban J connectivity index is 2.76. The molecule has 0 aliphatic rings. The average molecular weight is 286 g/mol. The van der Waals surface area contributed by atoms with Crippen LogP contribution in [0.15, 0.2) is 0 Å². The largest absolute Gasteiger partial charge is 0.305 e. The Morgan fingerprint density at radius 1 is 1.37 bits per heavy atom. The summed E-state index contributed by atoms with van der Waals surface area (Å²) < 4.78 is 1.83. The lowest BCUT2D eigenvalue weighted by Crippen LogP contribution is -2.39. The molecule has 1 rings (SSSR count). The van der Waals surface area contributed by atoms with Gasteiger partial charge in [-0.15, -0.1) is 0 Å². The van der Waals surface area contributed by atoms with Crippen LogP contribution in [0.3, 0.4) is 0 Å². The summed E-state index contributed by atoms with van der Waals surface area (Å²) >= 11 is 6.29. The molecule has 0 unspecified atom stereocenters. The Hall–Kier alpha value is -0.870. The van der Waals surface area contributed by atoms with Crippen molar-refractivity contribution < 1.29 is 4.79 Å². The first-order valence-corrected chi connectivity index (χ1v) is 7.17. The minimum atomic E-state index is -0.0565. The summed E-state index contributed by atoms with van der Waals surface area (Å²) in [6.45, 7) is 11.2. The molecule has 5 heteroatoms. The number of aryl methyl sites for hydroxylation is 2. The van der Waals surface area contributed by atoms with Crippen LogP contribution in [0, 0.1) is 0 Å². The van der Waals surface area contributed by atoms with Gasteiger partial charge in [0.25, 0.3) is 0 Å². The Bertz CT molecular complexity index is 446. The van der Waals surface area contributed by atoms with Crippen LogP contribution in [0.1, 0.15) is 46.0 Å². The fourth-order valence-electron chi connectivity index (χ4n) is 1.80. The fourth-order valence-corrected chi connectivity index (χ4v) is 2.13. The summed E-state index contributed by atoms with van der Waals surface area (Å²) in [7, 11) is 0. The third kappa shape index (κ3) is 4.62. The van der Waals surface area contributed by atoms with Gasteiger partial charge in [0.2, 0.25) is 0 Å². The Morgan fingerprint density at radius 3 is 2.47 bits per heavy atom. The van der Waals surface area contributed by atoms with E-state index in [1.54, 1.807) is 0 Å². The van der Waals surface area contributed by atoms with Crippen LogP contribution in [-0.2, 0) is 24.2 Å². The highest BCUT2D eigenvalue weighted by molar-refractivity contribution is 6.32. The molecule has 108 valence electrons. The third-order valence-electron chi connectivity index (χ3n) is 2.87. The topological polar surface area (TPSA) is 46.9 Å². The maximum absolute atomic E-state index is 12.0. The summed E-state index contributed by atoms with van der Waals surface area (Å²) in [5, 5.41) is 8.26. The zero-order valence-corrected chi connectivity index (χ0v) is 13.3. The fraction of sp³-hybridized carbons (Fsp3) is 0.714. The lowest BCUT2D eigenvalue weighted by atomic mass is 10.1. The van der Waals surface area contributed by atoms with Crippen molar-refractivity contribution in [1.82, 2.24) is 15.1 Å². The number of rotatable bonds is 6. The van der Waals surface area contributed by atoms with Crippen molar-refractivity contribution in [3.63, 3.8) is 0 Å². The number of carbonyl (C=O) groups is 1. The number of ketones is 1. The summed E-state index contributed by atoms with van der Waals surface area (Å²) in [6.07, 6.45) is 1.12. The minimum absolute atomic E-state index is 0.0565. The van der Waals surface area contributed by atoms with E-state index in [0.717, 1.165) is 24.4 Å². The van der Waals surface area contributed by atoms with Crippen LogP contribution in [0.4, 0.5) is 0 Å². The van der Waals surface area contributed by atoms with Crippen LogP contribution in [-0.4, -0.2) is 27.6 Å². The lowest BCUT2D eigenvalue weighted by molar-refractivity contribution is -0.118. The van der Waals surface area contributed by atoms with Crippen molar-refractivity contribution in [2.24, 2.45) is 0 Å². The van der Waals surface area contributed by atoms with E-state index in [9.17, 15) is 4.79 Å². The molecule has 0 bridgehead atoms. The second-order valence-electron chi connectivity index (χ2n) is 5.70. The number of nitrogens with one attached hydrogen (secondary N) is 1. The van der Waals surface area contributed by atoms with Crippen molar-refractivity contribution in [3.05, 3.63) is 16.4 Å². The van der Waals surface area contributed by atoms with E-state index in [1.807, 2.05) is 39.3 Å². The van der Waals surface area contributed by atoms with Gasteiger partial charge in [0.15, 0.2) is 5.78 Å². The van der Waals surface area contributed by atoms with Crippen molar-refractivity contribution in [2.75, 3.05) is 6.54 Å². The molecule has 0 atom stereocenters. The van der Waals surface area contributed by atoms with Gasteiger partial charge in [-0.05, 0) is 34.1 Å². The van der Waals surface area contributed by atoms with Gasteiger partial charge < -0.3 is 5.32 Å². The molecule has 0 aliphatic heterocycles. The van der Waals surface area contributed by atoms with Crippen molar-refractivity contribution in [3.8, 4) is 0 Å². The molecule has 0 fully saturated rings. The number of aromatic nitrogens is 2. The predicted molar refractivity (Wildman–Crippen MR) is 78.8 cm³/mol.